The summed E-state index contributed by atoms with van der Waals surface area (Å²) in [5.41, 5.74) is 0.464. The van der Waals surface area contributed by atoms with Gasteiger partial charge in [-0.1, -0.05) is 11.3 Å². The summed E-state index contributed by atoms with van der Waals surface area (Å²) >= 11 is 0.696. The van der Waals surface area contributed by atoms with Crippen molar-refractivity contribution < 1.29 is 28.0 Å². The summed E-state index contributed by atoms with van der Waals surface area (Å²) in [6.45, 7) is 0.675. The van der Waals surface area contributed by atoms with Gasteiger partial charge in [0.2, 0.25) is 5.88 Å². The van der Waals surface area contributed by atoms with Crippen molar-refractivity contribution in [3.05, 3.63) is 81.5 Å². The van der Waals surface area contributed by atoms with Crippen molar-refractivity contribution in [1.82, 2.24) is 24.7 Å². The molecule has 15 heteroatoms. The molecule has 0 saturated heterocycles. The Hall–Kier alpha value is -4.89. The third-order valence-electron chi connectivity index (χ3n) is 5.33. The summed E-state index contributed by atoms with van der Waals surface area (Å²) in [6, 6.07) is 8.77. The van der Waals surface area contributed by atoms with E-state index in [1.54, 1.807) is 19.2 Å². The number of halogens is 2. The Morgan fingerprint density at radius 1 is 1.13 bits per heavy atom. The molecule has 1 amide bonds. The number of ether oxygens (including phenoxy) is 2. The van der Waals surface area contributed by atoms with Crippen LogP contribution in [0.25, 0.3) is 28.1 Å². The zero-order valence-electron chi connectivity index (χ0n) is 20.0. The lowest BCUT2D eigenvalue weighted by molar-refractivity contribution is -0.380. The van der Waals surface area contributed by atoms with Crippen LogP contribution < -0.4 is 10.1 Å². The number of fused-ring (bicyclic) bond motifs is 1. The Morgan fingerprint density at radius 3 is 2.67 bits per heavy atom. The van der Waals surface area contributed by atoms with Gasteiger partial charge in [0.1, 0.15) is 23.9 Å². The summed E-state index contributed by atoms with van der Waals surface area (Å²) in [5.74, 6) is -1.83. The minimum absolute atomic E-state index is 0.0187. The van der Waals surface area contributed by atoms with Crippen molar-refractivity contribution in [2.24, 2.45) is 0 Å². The van der Waals surface area contributed by atoms with Crippen molar-refractivity contribution in [3.8, 4) is 23.0 Å². The number of nitro groups is 1. The van der Waals surface area contributed by atoms with E-state index < -0.39 is 22.5 Å². The maximum absolute atomic E-state index is 14.6. The minimum Gasteiger partial charge on any atom is -0.475 e. The predicted molar refractivity (Wildman–Crippen MR) is 136 cm³/mol. The average Bonchev–Trinajstić information content (AvgIpc) is 3.58. The highest BCUT2D eigenvalue weighted by atomic mass is 32.1. The fourth-order valence-corrected chi connectivity index (χ4v) is 4.22. The van der Waals surface area contributed by atoms with Crippen LogP contribution in [0.15, 0.2) is 54.9 Å². The molecule has 1 N–H and O–H groups in total. The molecule has 5 aromatic rings. The molecule has 12 nitrogen and oxygen atoms in total. The lowest BCUT2D eigenvalue weighted by atomic mass is 10.2. The maximum Gasteiger partial charge on any atom is 0.324 e. The van der Waals surface area contributed by atoms with Crippen LogP contribution >= 0.6 is 11.3 Å². The number of rotatable bonds is 9. The summed E-state index contributed by atoms with van der Waals surface area (Å²) in [7, 11) is 1.55. The number of benzene rings is 1. The van der Waals surface area contributed by atoms with Gasteiger partial charge in [-0.15, -0.1) is 0 Å². The second-order valence-electron chi connectivity index (χ2n) is 7.86. The molecule has 0 bridgehead atoms. The molecule has 0 unspecified atom stereocenters. The molecule has 0 aliphatic carbocycles. The number of methoxy groups -OCH3 is 1. The van der Waals surface area contributed by atoms with Gasteiger partial charge < -0.3 is 14.8 Å². The van der Waals surface area contributed by atoms with E-state index in [2.05, 4.69) is 25.4 Å². The van der Waals surface area contributed by atoms with Gasteiger partial charge in [0.15, 0.2) is 17.3 Å². The smallest absolute Gasteiger partial charge is 0.324 e. The maximum atomic E-state index is 14.6. The second-order valence-corrected chi connectivity index (χ2v) is 8.92. The summed E-state index contributed by atoms with van der Waals surface area (Å²) in [4.78, 5) is 36.6. The molecule has 0 saturated carbocycles. The first kappa shape index (κ1) is 25.7. The zero-order valence-corrected chi connectivity index (χ0v) is 20.8. The van der Waals surface area contributed by atoms with Crippen LogP contribution in [0.2, 0.25) is 0 Å². The minimum atomic E-state index is -0.879. The first-order valence-corrected chi connectivity index (χ1v) is 12.0. The van der Waals surface area contributed by atoms with E-state index in [1.807, 2.05) is 0 Å². The molecular formula is C24H17F2N7O5S. The Kier molecular flexibility index (Phi) is 7.16. The highest BCUT2D eigenvalue weighted by Crippen LogP contribution is 2.30. The van der Waals surface area contributed by atoms with Crippen molar-refractivity contribution in [2.45, 2.75) is 0 Å². The average molecular weight is 554 g/mol. The van der Waals surface area contributed by atoms with E-state index in [9.17, 15) is 23.7 Å². The van der Waals surface area contributed by atoms with Gasteiger partial charge in [0.05, 0.1) is 28.0 Å². The van der Waals surface area contributed by atoms with Crippen molar-refractivity contribution in [2.75, 3.05) is 25.6 Å². The molecule has 0 radical (unpaired) electrons. The molecule has 0 aliphatic heterocycles. The normalized spacial score (nSPS) is 11.1. The van der Waals surface area contributed by atoms with Gasteiger partial charge in [0, 0.05) is 37.1 Å². The zero-order chi connectivity index (χ0) is 27.5. The quantitative estimate of drug-likeness (QED) is 0.159. The Morgan fingerprint density at radius 2 is 1.97 bits per heavy atom. The molecule has 4 aromatic heterocycles. The lowest BCUT2D eigenvalue weighted by Crippen LogP contribution is -2.13. The van der Waals surface area contributed by atoms with Crippen LogP contribution in [0.5, 0.6) is 5.88 Å². The van der Waals surface area contributed by atoms with E-state index in [0.717, 1.165) is 10.7 Å². The number of thiophene rings is 1. The molecule has 198 valence electrons. The van der Waals surface area contributed by atoms with Crippen LogP contribution in [0.3, 0.4) is 0 Å². The van der Waals surface area contributed by atoms with E-state index in [0.29, 0.717) is 42.1 Å². The van der Waals surface area contributed by atoms with Gasteiger partial charge in [-0.05, 0) is 24.3 Å². The van der Waals surface area contributed by atoms with E-state index >= 15 is 0 Å². The third kappa shape index (κ3) is 5.39. The summed E-state index contributed by atoms with van der Waals surface area (Å²) in [5, 5.41) is 17.9. The second kappa shape index (κ2) is 10.8. The van der Waals surface area contributed by atoms with E-state index in [1.165, 1.54) is 30.6 Å². The number of pyridine rings is 1. The molecule has 0 fully saturated rings. The highest BCUT2D eigenvalue weighted by molar-refractivity contribution is 7.17. The molecule has 39 heavy (non-hydrogen) atoms. The number of hydrogen-bond acceptors (Lipinski definition) is 10. The van der Waals surface area contributed by atoms with Gasteiger partial charge in [-0.2, -0.15) is 5.10 Å². The number of carbonyl (C=O) groups is 1. The number of nitrogens with zero attached hydrogens (tertiary/aromatic N) is 6. The third-order valence-corrected chi connectivity index (χ3v) is 6.36. The number of nitrogens with one attached hydrogen (secondary N) is 1. The van der Waals surface area contributed by atoms with Crippen molar-refractivity contribution >= 4 is 39.1 Å². The Balaban J connectivity index is 1.58. The summed E-state index contributed by atoms with van der Waals surface area (Å²) < 4.78 is 39.7. The molecule has 0 aliphatic rings. The lowest BCUT2D eigenvalue weighted by Gasteiger charge is -2.10. The number of aromatic nitrogens is 5. The summed E-state index contributed by atoms with van der Waals surface area (Å²) in [6.07, 6.45) is 2.77. The topological polar surface area (TPSA) is 147 Å². The number of amides is 1. The van der Waals surface area contributed by atoms with Gasteiger partial charge in [-0.3, -0.25) is 14.9 Å². The Bertz CT molecular complexity index is 1690. The van der Waals surface area contributed by atoms with E-state index in [4.69, 9.17) is 9.47 Å². The van der Waals surface area contributed by atoms with Gasteiger partial charge in [0.25, 0.3) is 5.91 Å². The monoisotopic (exact) mass is 553 g/mol. The van der Waals surface area contributed by atoms with Crippen LogP contribution in [0, 0.1) is 21.7 Å². The number of carbonyl (C=O) groups excluding carboxylic acids is 1. The SMILES string of the molecule is COCCOc1ccc(-c2nc(NC(=O)c3ccc([N+](=O)[O-])s3)c3cnn(-c4ccc(F)cc4F)c3n2)cn1. The number of anilines is 1. The molecule has 1 aromatic carbocycles. The molecule has 0 atom stereocenters. The fourth-order valence-electron chi connectivity index (χ4n) is 3.51. The van der Waals surface area contributed by atoms with E-state index in [-0.39, 0.29) is 38.2 Å². The van der Waals surface area contributed by atoms with Gasteiger partial charge in [-0.25, -0.2) is 28.4 Å². The fraction of sp³-hybridized carbons (Fsp3) is 0.125. The van der Waals surface area contributed by atoms with Crippen LogP contribution in [-0.2, 0) is 4.74 Å². The number of hydrogen-bond donors (Lipinski definition) is 1. The predicted octanol–water partition coefficient (Wildman–Crippen LogP) is 4.40. The largest absolute Gasteiger partial charge is 0.475 e. The molecule has 0 spiro atoms. The first-order chi connectivity index (χ1) is 18.8. The highest BCUT2D eigenvalue weighted by Gasteiger charge is 2.21. The standard InChI is InChI=1S/C24H17F2N7O5S/c1-37-8-9-38-19-6-2-13(11-27-19)21-29-22(31-24(34)18-5-7-20(39-18)33(35)36)15-12-28-32(23(15)30-21)17-4-3-14(25)10-16(17)26/h2-7,10-12H,8-9H2,1H3,(H,29,30,31,34). The van der Waals surface area contributed by atoms with Crippen molar-refractivity contribution in [3.63, 3.8) is 0 Å². The van der Waals surface area contributed by atoms with Gasteiger partial charge >= 0.3 is 5.00 Å². The molecular weight excluding hydrogens is 536 g/mol. The molecule has 4 heterocycles. The van der Waals surface area contributed by atoms with Crippen LogP contribution in [0.4, 0.5) is 19.6 Å². The van der Waals surface area contributed by atoms with Crippen LogP contribution in [-0.4, -0.2) is 55.9 Å². The first-order valence-electron chi connectivity index (χ1n) is 11.2. The Labute approximate surface area is 222 Å². The molecule has 5 rings (SSSR count). The van der Waals surface area contributed by atoms with Crippen molar-refractivity contribution in [1.29, 1.82) is 0 Å². The van der Waals surface area contributed by atoms with Crippen LogP contribution in [0.1, 0.15) is 9.67 Å².